The molecule has 21 heteroatoms. The topological polar surface area (TPSA) is 222 Å². The van der Waals surface area contributed by atoms with Crippen LogP contribution in [0.3, 0.4) is 0 Å². The lowest BCUT2D eigenvalue weighted by atomic mass is 10.5. The molecule has 0 bridgehead atoms. The maximum Gasteiger partial charge on any atom is 0.305 e. The highest BCUT2D eigenvalue weighted by Gasteiger charge is 2.22. The largest absolute Gasteiger partial charge is 0.481 e. The zero-order valence-electron chi connectivity index (χ0n) is 35.3. The van der Waals surface area contributed by atoms with E-state index in [1.54, 1.807) is 0 Å². The zero-order valence-corrected chi connectivity index (χ0v) is 35.3. The maximum absolute atomic E-state index is 11.4. The third kappa shape index (κ3) is 41.1. The molecule has 1 aliphatic rings. The minimum Gasteiger partial charge on any atom is -0.481 e. The molecule has 1 rings (SSSR count). The monoisotopic (exact) mass is 873 g/mol. The van der Waals surface area contributed by atoms with Crippen molar-refractivity contribution in [3.05, 3.63) is 12.2 Å². The molecule has 0 aliphatic carbocycles. The van der Waals surface area contributed by atoms with Gasteiger partial charge in [0.05, 0.1) is 224 Å². The van der Waals surface area contributed by atoms with Crippen LogP contribution in [0.15, 0.2) is 12.2 Å². The number of carbonyl (C=O) groups is 3. The molecular formula is C39H71NO20. The predicted octanol–water partition coefficient (Wildman–Crippen LogP) is -0.348. The molecule has 0 aromatic carbocycles. The molecule has 0 unspecified atom stereocenters. The van der Waals surface area contributed by atoms with Gasteiger partial charge in [-0.2, -0.15) is 0 Å². The van der Waals surface area contributed by atoms with E-state index in [1.165, 1.54) is 12.2 Å². The summed E-state index contributed by atoms with van der Waals surface area (Å²) in [6.07, 6.45) is 2.49. The first-order chi connectivity index (χ1) is 29.6. The van der Waals surface area contributed by atoms with Gasteiger partial charge in [-0.05, 0) is 0 Å². The van der Waals surface area contributed by atoms with Gasteiger partial charge in [0, 0.05) is 12.2 Å². The number of hydrogen-bond donors (Lipinski definition) is 1. The lowest BCUT2D eigenvalue weighted by Gasteiger charge is -2.13. The van der Waals surface area contributed by atoms with E-state index in [-0.39, 0.29) is 38.0 Å². The van der Waals surface area contributed by atoms with Gasteiger partial charge in [-0.1, -0.05) is 0 Å². The molecule has 1 aliphatic heterocycles. The van der Waals surface area contributed by atoms with Gasteiger partial charge in [-0.3, -0.25) is 19.3 Å². The number of rotatable bonds is 51. The third-order valence-corrected chi connectivity index (χ3v) is 7.40. The van der Waals surface area contributed by atoms with Crippen LogP contribution in [0.4, 0.5) is 0 Å². The second kappa shape index (κ2) is 46.2. The van der Waals surface area contributed by atoms with Crippen molar-refractivity contribution in [1.82, 2.24) is 4.90 Å². The van der Waals surface area contributed by atoms with Gasteiger partial charge in [0.15, 0.2) is 0 Å². The first-order valence-corrected chi connectivity index (χ1v) is 20.6. The molecule has 0 aromatic rings. The van der Waals surface area contributed by atoms with Crippen LogP contribution in [0.2, 0.25) is 0 Å². The summed E-state index contributed by atoms with van der Waals surface area (Å²) in [6.45, 7) is 14.4. The third-order valence-electron chi connectivity index (χ3n) is 7.40. The van der Waals surface area contributed by atoms with Crippen molar-refractivity contribution in [2.75, 3.05) is 218 Å². The fraction of sp³-hybridized carbons (Fsp3) is 0.872. The molecule has 0 spiro atoms. The van der Waals surface area contributed by atoms with E-state index in [0.717, 1.165) is 4.90 Å². The molecule has 352 valence electrons. The van der Waals surface area contributed by atoms with Crippen molar-refractivity contribution >= 4 is 17.8 Å². The van der Waals surface area contributed by atoms with Crippen molar-refractivity contribution in [2.24, 2.45) is 0 Å². The summed E-state index contributed by atoms with van der Waals surface area (Å²) in [5, 5.41) is 8.50. The maximum atomic E-state index is 11.4. The summed E-state index contributed by atoms with van der Waals surface area (Å²) in [7, 11) is 0. The SMILES string of the molecule is O=C(O)CCOCCOCCOCCOCCOCCOCCOCCOCCOCCOCCOCCOCCOCCOCCOCCOCCN1C(=O)C=CC1=O. The van der Waals surface area contributed by atoms with Crippen LogP contribution in [-0.2, 0) is 90.2 Å². The first-order valence-electron chi connectivity index (χ1n) is 20.6. The number of nitrogens with zero attached hydrogens (tertiary/aromatic N) is 1. The Balaban J connectivity index is 1.60. The van der Waals surface area contributed by atoms with Crippen molar-refractivity contribution in [3.8, 4) is 0 Å². The Kier molecular flexibility index (Phi) is 42.9. The molecule has 60 heavy (non-hydrogen) atoms. The molecule has 1 heterocycles. The van der Waals surface area contributed by atoms with Crippen LogP contribution in [-0.4, -0.2) is 246 Å². The summed E-state index contributed by atoms with van der Waals surface area (Å²) in [4.78, 5) is 34.3. The van der Waals surface area contributed by atoms with Crippen LogP contribution >= 0.6 is 0 Å². The number of ether oxygens (including phenoxy) is 16. The fourth-order valence-electron chi connectivity index (χ4n) is 4.37. The predicted molar refractivity (Wildman–Crippen MR) is 211 cm³/mol. The number of imide groups is 1. The molecular weight excluding hydrogens is 802 g/mol. The van der Waals surface area contributed by atoms with E-state index < -0.39 is 5.97 Å². The fourth-order valence-corrected chi connectivity index (χ4v) is 4.37. The van der Waals surface area contributed by atoms with Gasteiger partial charge in [0.25, 0.3) is 11.8 Å². The number of carbonyl (C=O) groups excluding carboxylic acids is 2. The highest BCUT2D eigenvalue weighted by atomic mass is 16.6. The number of carboxylic acid groups (broad SMARTS) is 1. The summed E-state index contributed by atoms with van der Waals surface area (Å²) in [5.74, 6) is -1.50. The van der Waals surface area contributed by atoms with Crippen LogP contribution in [0, 0.1) is 0 Å². The number of carboxylic acids is 1. The van der Waals surface area contributed by atoms with Crippen molar-refractivity contribution in [1.29, 1.82) is 0 Å². The Hall–Kier alpha value is -2.29. The molecule has 0 saturated carbocycles. The van der Waals surface area contributed by atoms with Crippen molar-refractivity contribution < 1.29 is 95.3 Å². The van der Waals surface area contributed by atoms with E-state index in [9.17, 15) is 14.4 Å². The molecule has 0 saturated heterocycles. The highest BCUT2D eigenvalue weighted by Crippen LogP contribution is 2.02. The Morgan fingerprint density at radius 3 is 0.667 bits per heavy atom. The Labute approximate surface area is 354 Å². The van der Waals surface area contributed by atoms with Crippen LogP contribution in [0.25, 0.3) is 0 Å². The van der Waals surface area contributed by atoms with Crippen LogP contribution < -0.4 is 0 Å². The van der Waals surface area contributed by atoms with Gasteiger partial charge in [-0.15, -0.1) is 0 Å². The zero-order chi connectivity index (χ0) is 43.1. The van der Waals surface area contributed by atoms with Crippen LogP contribution in [0.5, 0.6) is 0 Å². The molecule has 0 radical (unpaired) electrons. The van der Waals surface area contributed by atoms with E-state index in [4.69, 9.17) is 80.9 Å². The van der Waals surface area contributed by atoms with Gasteiger partial charge in [0.2, 0.25) is 0 Å². The molecule has 2 amide bonds. The minimum absolute atomic E-state index is 0.00944. The Bertz CT molecular complexity index is 978. The van der Waals surface area contributed by atoms with E-state index in [1.807, 2.05) is 0 Å². The normalized spacial score (nSPS) is 12.8. The molecule has 0 fully saturated rings. The van der Waals surface area contributed by atoms with E-state index in [2.05, 4.69) is 0 Å². The van der Waals surface area contributed by atoms with Crippen LogP contribution in [0.1, 0.15) is 6.42 Å². The van der Waals surface area contributed by atoms with Gasteiger partial charge < -0.3 is 80.9 Å². The lowest BCUT2D eigenvalue weighted by Crippen LogP contribution is -2.33. The Morgan fingerprint density at radius 2 is 0.483 bits per heavy atom. The summed E-state index contributed by atoms with van der Waals surface area (Å²) >= 11 is 0. The number of amides is 2. The second-order valence-corrected chi connectivity index (χ2v) is 12.1. The molecule has 21 nitrogen and oxygen atoms in total. The molecule has 1 N–H and O–H groups in total. The molecule has 0 aromatic heterocycles. The number of aliphatic carboxylic acids is 1. The quantitative estimate of drug-likeness (QED) is 0.0610. The second-order valence-electron chi connectivity index (χ2n) is 12.1. The standard InChI is InChI=1S/C39H71NO20/c41-37-1-2-38(42)40(37)4-6-46-8-10-48-12-14-50-16-18-52-20-22-54-24-26-56-28-30-58-32-34-60-36-35-59-33-31-57-29-27-55-25-23-53-21-19-51-17-15-49-13-11-47-9-7-45-5-3-39(43)44/h1-2H,3-36H2,(H,43,44). The Morgan fingerprint density at radius 1 is 0.317 bits per heavy atom. The lowest BCUT2D eigenvalue weighted by molar-refractivity contribution is -0.139. The minimum atomic E-state index is -0.880. The summed E-state index contributed by atoms with van der Waals surface area (Å²) in [6, 6.07) is 0. The smallest absolute Gasteiger partial charge is 0.305 e. The highest BCUT2D eigenvalue weighted by molar-refractivity contribution is 6.12. The van der Waals surface area contributed by atoms with Gasteiger partial charge >= 0.3 is 5.97 Å². The first kappa shape index (κ1) is 55.7. The molecule has 0 atom stereocenters. The van der Waals surface area contributed by atoms with Gasteiger partial charge in [-0.25, -0.2) is 0 Å². The average Bonchev–Trinajstić information content (AvgIpc) is 3.56. The van der Waals surface area contributed by atoms with E-state index >= 15 is 0 Å². The van der Waals surface area contributed by atoms with Crippen molar-refractivity contribution in [3.63, 3.8) is 0 Å². The average molecular weight is 874 g/mol. The number of hydrogen-bond acceptors (Lipinski definition) is 19. The van der Waals surface area contributed by atoms with Crippen molar-refractivity contribution in [2.45, 2.75) is 6.42 Å². The summed E-state index contributed by atoms with van der Waals surface area (Å²) in [5.41, 5.74) is 0. The van der Waals surface area contributed by atoms with Gasteiger partial charge in [0.1, 0.15) is 0 Å². The summed E-state index contributed by atoms with van der Waals surface area (Å²) < 4.78 is 86.8. The van der Waals surface area contributed by atoms with E-state index in [0.29, 0.717) is 198 Å².